The van der Waals surface area contributed by atoms with E-state index in [0.29, 0.717) is 0 Å². The number of aryl methyl sites for hydroxylation is 2. The second kappa shape index (κ2) is 6.48. The summed E-state index contributed by atoms with van der Waals surface area (Å²) in [7, 11) is 0. The summed E-state index contributed by atoms with van der Waals surface area (Å²) in [6, 6.07) is 4.45. The van der Waals surface area contributed by atoms with Crippen molar-refractivity contribution in [2.45, 2.75) is 58.4 Å². The van der Waals surface area contributed by atoms with Gasteiger partial charge in [-0.2, -0.15) is 0 Å². The predicted octanol–water partition coefficient (Wildman–Crippen LogP) is 4.78. The van der Waals surface area contributed by atoms with Crippen LogP contribution in [0.3, 0.4) is 0 Å². The topological polar surface area (TPSA) is 38.0 Å². The van der Waals surface area contributed by atoms with Crippen LogP contribution < -0.4 is 11.1 Å². The zero-order valence-corrected chi connectivity index (χ0v) is 14.5. The van der Waals surface area contributed by atoms with E-state index < -0.39 is 0 Å². The summed E-state index contributed by atoms with van der Waals surface area (Å²) in [5.41, 5.74) is 10.00. The minimum atomic E-state index is 0.0889. The van der Waals surface area contributed by atoms with E-state index in [1.165, 1.54) is 53.4 Å². The standard InChI is InChI=1S/C17H27BrN2/c1-4-14-6-5-7-17(10-14,11-19)20-15-8-12(2)16(18)13(3)9-15/h8-9,14,20H,4-7,10-11,19H2,1-3H3. The van der Waals surface area contributed by atoms with Gasteiger partial charge < -0.3 is 11.1 Å². The number of rotatable bonds is 4. The minimum absolute atomic E-state index is 0.0889. The van der Waals surface area contributed by atoms with Gasteiger partial charge in [0.15, 0.2) is 0 Å². The Kier molecular flexibility index (Phi) is 5.14. The van der Waals surface area contributed by atoms with Crippen molar-refractivity contribution in [3.05, 3.63) is 27.7 Å². The van der Waals surface area contributed by atoms with E-state index >= 15 is 0 Å². The van der Waals surface area contributed by atoms with Gasteiger partial charge in [0, 0.05) is 22.2 Å². The van der Waals surface area contributed by atoms with Crippen molar-refractivity contribution >= 4 is 21.6 Å². The average Bonchev–Trinajstić information content (AvgIpc) is 2.45. The first-order chi connectivity index (χ1) is 9.49. The molecule has 0 spiro atoms. The fourth-order valence-electron chi connectivity index (χ4n) is 3.51. The Balaban J connectivity index is 2.21. The summed E-state index contributed by atoms with van der Waals surface area (Å²) >= 11 is 3.64. The Bertz CT molecular complexity index is 449. The smallest absolute Gasteiger partial charge is 0.0498 e. The number of benzene rings is 1. The first kappa shape index (κ1) is 15.8. The molecule has 1 aliphatic carbocycles. The van der Waals surface area contributed by atoms with Crippen LogP contribution in [0.2, 0.25) is 0 Å². The Morgan fingerprint density at radius 1 is 1.35 bits per heavy atom. The van der Waals surface area contributed by atoms with Crippen LogP contribution in [0.5, 0.6) is 0 Å². The molecule has 2 nitrogen and oxygen atoms in total. The quantitative estimate of drug-likeness (QED) is 0.829. The van der Waals surface area contributed by atoms with Crippen LogP contribution in [-0.4, -0.2) is 12.1 Å². The van der Waals surface area contributed by atoms with Crippen LogP contribution in [0.1, 0.15) is 50.2 Å². The monoisotopic (exact) mass is 338 g/mol. The lowest BCUT2D eigenvalue weighted by Gasteiger charge is -2.41. The van der Waals surface area contributed by atoms with Gasteiger partial charge in [0.05, 0.1) is 0 Å². The van der Waals surface area contributed by atoms with Crippen LogP contribution in [0.4, 0.5) is 5.69 Å². The van der Waals surface area contributed by atoms with Crippen molar-refractivity contribution < 1.29 is 0 Å². The lowest BCUT2D eigenvalue weighted by molar-refractivity contribution is 0.244. The molecule has 2 atom stereocenters. The molecule has 0 amide bonds. The molecule has 1 aromatic carbocycles. The largest absolute Gasteiger partial charge is 0.378 e. The summed E-state index contributed by atoms with van der Waals surface area (Å²) in [6.07, 6.45) is 6.31. The molecule has 1 aliphatic rings. The van der Waals surface area contributed by atoms with E-state index in [9.17, 15) is 0 Å². The third-order valence-electron chi connectivity index (χ3n) is 4.76. The van der Waals surface area contributed by atoms with Crippen molar-refractivity contribution in [3.8, 4) is 0 Å². The van der Waals surface area contributed by atoms with Gasteiger partial charge in [-0.3, -0.25) is 0 Å². The van der Waals surface area contributed by atoms with E-state index in [-0.39, 0.29) is 5.54 Å². The lowest BCUT2D eigenvalue weighted by atomic mass is 9.74. The SMILES string of the molecule is CCC1CCCC(CN)(Nc2cc(C)c(Br)c(C)c2)C1. The van der Waals surface area contributed by atoms with Gasteiger partial charge in [-0.25, -0.2) is 0 Å². The lowest BCUT2D eigenvalue weighted by Crippen LogP contribution is -2.49. The number of halogens is 1. The molecule has 3 N–H and O–H groups in total. The molecule has 20 heavy (non-hydrogen) atoms. The summed E-state index contributed by atoms with van der Waals surface area (Å²) in [5.74, 6) is 0.817. The van der Waals surface area contributed by atoms with Gasteiger partial charge in [0.25, 0.3) is 0 Å². The number of hydrogen-bond acceptors (Lipinski definition) is 2. The third kappa shape index (κ3) is 3.37. The van der Waals surface area contributed by atoms with Crippen molar-refractivity contribution in [2.24, 2.45) is 11.7 Å². The zero-order valence-electron chi connectivity index (χ0n) is 12.9. The highest BCUT2D eigenvalue weighted by atomic mass is 79.9. The number of hydrogen-bond donors (Lipinski definition) is 2. The molecule has 1 saturated carbocycles. The molecule has 2 unspecified atom stereocenters. The summed E-state index contributed by atoms with van der Waals surface area (Å²) < 4.78 is 1.21. The van der Waals surface area contributed by atoms with Crippen LogP contribution in [-0.2, 0) is 0 Å². The molecular weight excluding hydrogens is 312 g/mol. The molecule has 0 aliphatic heterocycles. The van der Waals surface area contributed by atoms with E-state index in [2.05, 4.69) is 54.2 Å². The predicted molar refractivity (Wildman–Crippen MR) is 91.3 cm³/mol. The van der Waals surface area contributed by atoms with Crippen LogP contribution in [0.25, 0.3) is 0 Å². The maximum absolute atomic E-state index is 6.14. The van der Waals surface area contributed by atoms with Gasteiger partial charge in [0.1, 0.15) is 0 Å². The van der Waals surface area contributed by atoms with Gasteiger partial charge >= 0.3 is 0 Å². The molecule has 1 fully saturated rings. The maximum Gasteiger partial charge on any atom is 0.0498 e. The molecule has 0 aromatic heterocycles. The van der Waals surface area contributed by atoms with Gasteiger partial charge in [-0.05, 0) is 55.9 Å². The van der Waals surface area contributed by atoms with E-state index in [4.69, 9.17) is 5.73 Å². The summed E-state index contributed by atoms with van der Waals surface area (Å²) in [6.45, 7) is 7.31. The fourth-order valence-corrected chi connectivity index (χ4v) is 3.74. The van der Waals surface area contributed by atoms with Crippen LogP contribution in [0, 0.1) is 19.8 Å². The Morgan fingerprint density at radius 3 is 2.55 bits per heavy atom. The van der Waals surface area contributed by atoms with E-state index in [1.807, 2.05) is 0 Å². The minimum Gasteiger partial charge on any atom is -0.378 e. The van der Waals surface area contributed by atoms with Crippen LogP contribution in [0.15, 0.2) is 16.6 Å². The van der Waals surface area contributed by atoms with E-state index in [1.54, 1.807) is 0 Å². The molecule has 0 bridgehead atoms. The molecule has 0 heterocycles. The highest BCUT2D eigenvalue weighted by Gasteiger charge is 2.34. The summed E-state index contributed by atoms with van der Waals surface area (Å²) in [5, 5.41) is 3.77. The molecular formula is C17H27BrN2. The zero-order chi connectivity index (χ0) is 14.8. The van der Waals surface area contributed by atoms with E-state index in [0.717, 1.165) is 12.5 Å². The number of anilines is 1. The Hall–Kier alpha value is -0.540. The highest BCUT2D eigenvalue weighted by Crippen LogP contribution is 2.37. The molecule has 1 aromatic rings. The maximum atomic E-state index is 6.14. The van der Waals surface area contributed by atoms with Crippen molar-refractivity contribution in [2.75, 3.05) is 11.9 Å². The fraction of sp³-hybridized carbons (Fsp3) is 0.647. The molecule has 2 rings (SSSR count). The van der Waals surface area contributed by atoms with Crippen molar-refractivity contribution in [3.63, 3.8) is 0 Å². The Morgan fingerprint density at radius 2 is 2.00 bits per heavy atom. The Labute approximate surface area is 131 Å². The first-order valence-electron chi connectivity index (χ1n) is 7.74. The van der Waals surface area contributed by atoms with Crippen molar-refractivity contribution in [1.29, 1.82) is 0 Å². The second-order valence-electron chi connectivity index (χ2n) is 6.40. The average molecular weight is 339 g/mol. The van der Waals surface area contributed by atoms with Crippen molar-refractivity contribution in [1.82, 2.24) is 0 Å². The molecule has 0 saturated heterocycles. The third-order valence-corrected chi connectivity index (χ3v) is 6.01. The number of nitrogens with two attached hydrogens (primary N) is 1. The van der Waals surface area contributed by atoms with Crippen LogP contribution >= 0.6 is 15.9 Å². The second-order valence-corrected chi connectivity index (χ2v) is 7.20. The summed E-state index contributed by atoms with van der Waals surface area (Å²) in [4.78, 5) is 0. The van der Waals surface area contributed by atoms with Gasteiger partial charge in [-0.15, -0.1) is 0 Å². The highest BCUT2D eigenvalue weighted by molar-refractivity contribution is 9.10. The molecule has 0 radical (unpaired) electrons. The molecule has 3 heteroatoms. The first-order valence-corrected chi connectivity index (χ1v) is 8.54. The number of nitrogens with one attached hydrogen (secondary N) is 1. The molecule has 112 valence electrons. The van der Waals surface area contributed by atoms with Gasteiger partial charge in [-0.1, -0.05) is 42.1 Å². The normalized spacial score (nSPS) is 26.6. The van der Waals surface area contributed by atoms with Gasteiger partial charge in [0.2, 0.25) is 0 Å².